The maximum absolute atomic E-state index is 6.30. The Morgan fingerprint density at radius 2 is 0.766 bits per heavy atom. The van der Waals surface area contributed by atoms with Gasteiger partial charge in [-0.2, -0.15) is 0 Å². The zero-order valence-electron chi connectivity index (χ0n) is 28.6. The van der Waals surface area contributed by atoms with Crippen molar-refractivity contribution in [3.8, 4) is 33.4 Å². The minimum absolute atomic E-state index is 0.928. The molecule has 7 aromatic carbocycles. The average Bonchev–Trinajstić information content (AvgIpc) is 3.48. The lowest BCUT2D eigenvalue weighted by Crippen LogP contribution is -2.50. The maximum atomic E-state index is 6.30. The van der Waals surface area contributed by atoms with Crippen LogP contribution in [0.1, 0.15) is 0 Å². The predicted octanol–water partition coefficient (Wildman–Crippen LogP) is -3.04. The molecule has 0 saturated carbocycles. The van der Waals surface area contributed by atoms with E-state index in [-0.39, 0.29) is 0 Å². The minimum Gasteiger partial charge on any atom is -0.456 e. The minimum atomic E-state index is 0.928. The third-order valence-electron chi connectivity index (χ3n) is 11.3. The standard InChI is InChI=1S/C38H32B8O/c39-31-27-25(19-10-6-9-18(15-19)17-7-2-1-3-8-17)28-30(34(42)38(46)36(44)32(28)40)26(29(27)33(41)37(45)35(31)43)20-13-14-24-22(16-20)21-11-4-5-12-23(21)47-24/h1-16H,39-46H2. The van der Waals surface area contributed by atoms with Crippen LogP contribution in [0.25, 0.3) is 76.9 Å². The van der Waals surface area contributed by atoms with Gasteiger partial charge in [0.15, 0.2) is 0 Å². The molecule has 0 aliphatic heterocycles. The van der Waals surface area contributed by atoms with Gasteiger partial charge in [0.25, 0.3) is 0 Å². The van der Waals surface area contributed by atoms with Gasteiger partial charge in [-0.1, -0.05) is 94.6 Å². The molecule has 1 heterocycles. The monoisotopic (exact) mass is 592 g/mol. The first-order valence-corrected chi connectivity index (χ1v) is 16.7. The van der Waals surface area contributed by atoms with Gasteiger partial charge < -0.3 is 4.42 Å². The maximum Gasteiger partial charge on any atom is 0.139 e. The highest BCUT2D eigenvalue weighted by molar-refractivity contribution is 6.71. The molecule has 8 aromatic rings. The lowest BCUT2D eigenvalue weighted by Gasteiger charge is -2.28. The summed E-state index contributed by atoms with van der Waals surface area (Å²) in [5, 5.41) is 7.76. The van der Waals surface area contributed by atoms with Gasteiger partial charge in [0.05, 0.1) is 0 Å². The van der Waals surface area contributed by atoms with Gasteiger partial charge in [-0.3, -0.25) is 0 Å². The molecule has 0 amide bonds. The average molecular weight is 591 g/mol. The molecule has 0 N–H and O–H groups in total. The summed E-state index contributed by atoms with van der Waals surface area (Å²) in [7, 11) is 18.5. The van der Waals surface area contributed by atoms with Crippen LogP contribution in [-0.4, -0.2) is 62.8 Å². The fraction of sp³-hybridized carbons (Fsp3) is 0. The lowest BCUT2D eigenvalue weighted by atomic mass is 9.59. The summed E-state index contributed by atoms with van der Waals surface area (Å²) in [6.45, 7) is 0. The molecular formula is C38H32B8O. The molecule has 0 aliphatic rings. The first-order valence-electron chi connectivity index (χ1n) is 16.7. The largest absolute Gasteiger partial charge is 0.456 e. The molecule has 1 aromatic heterocycles. The van der Waals surface area contributed by atoms with Crippen LogP contribution in [0.3, 0.4) is 0 Å². The van der Waals surface area contributed by atoms with Crippen LogP contribution in [0.2, 0.25) is 0 Å². The first-order chi connectivity index (χ1) is 22.7. The molecule has 0 saturated heterocycles. The quantitative estimate of drug-likeness (QED) is 0.158. The highest BCUT2D eigenvalue weighted by atomic mass is 16.3. The lowest BCUT2D eigenvalue weighted by molar-refractivity contribution is 0.669. The Bertz CT molecular complexity index is 2530. The van der Waals surface area contributed by atoms with Crippen LogP contribution in [0.4, 0.5) is 0 Å². The molecule has 0 bridgehead atoms. The number of hydrogen-bond donors (Lipinski definition) is 0. The van der Waals surface area contributed by atoms with Gasteiger partial charge in [0.2, 0.25) is 0 Å². The number of fused-ring (bicyclic) bond motifs is 5. The third kappa shape index (κ3) is 4.36. The summed E-state index contributed by atoms with van der Waals surface area (Å²) in [5.74, 6) is 0. The van der Waals surface area contributed by atoms with E-state index in [1.807, 2.05) is 6.07 Å². The molecule has 0 aliphatic carbocycles. The summed E-state index contributed by atoms with van der Waals surface area (Å²) in [6, 6.07) is 35.2. The molecule has 8 rings (SSSR count). The Hall–Kier alpha value is -4.62. The molecule has 47 heavy (non-hydrogen) atoms. The third-order valence-corrected chi connectivity index (χ3v) is 11.3. The van der Waals surface area contributed by atoms with E-state index in [9.17, 15) is 0 Å². The fourth-order valence-electron chi connectivity index (χ4n) is 8.07. The van der Waals surface area contributed by atoms with E-state index >= 15 is 0 Å². The molecule has 0 unspecified atom stereocenters. The van der Waals surface area contributed by atoms with Crippen LogP contribution < -0.4 is 43.7 Å². The van der Waals surface area contributed by atoms with Crippen molar-refractivity contribution in [2.24, 2.45) is 0 Å². The topological polar surface area (TPSA) is 13.1 Å². The van der Waals surface area contributed by atoms with Gasteiger partial charge >= 0.3 is 0 Å². The van der Waals surface area contributed by atoms with Crippen molar-refractivity contribution in [3.63, 3.8) is 0 Å². The van der Waals surface area contributed by atoms with E-state index < -0.39 is 0 Å². The van der Waals surface area contributed by atoms with Gasteiger partial charge in [0, 0.05) is 10.8 Å². The van der Waals surface area contributed by atoms with Crippen molar-refractivity contribution < 1.29 is 4.42 Å². The van der Waals surface area contributed by atoms with Crippen molar-refractivity contribution in [2.75, 3.05) is 0 Å². The van der Waals surface area contributed by atoms with Crippen molar-refractivity contribution in [1.82, 2.24) is 0 Å². The van der Waals surface area contributed by atoms with E-state index in [2.05, 4.69) is 154 Å². The second-order valence-corrected chi connectivity index (χ2v) is 13.5. The van der Waals surface area contributed by atoms with Gasteiger partial charge in [0.1, 0.15) is 73.9 Å². The number of hydrogen-bond acceptors (Lipinski definition) is 1. The van der Waals surface area contributed by atoms with Gasteiger partial charge in [-0.05, 0) is 79.2 Å². The van der Waals surface area contributed by atoms with E-state index in [1.165, 1.54) is 98.6 Å². The molecule has 1 nitrogen and oxygen atoms in total. The van der Waals surface area contributed by atoms with E-state index in [4.69, 9.17) is 4.42 Å². The normalized spacial score (nSPS) is 11.7. The van der Waals surface area contributed by atoms with Crippen LogP contribution in [-0.2, 0) is 0 Å². The smallest absolute Gasteiger partial charge is 0.139 e. The summed E-state index contributed by atoms with van der Waals surface area (Å²) < 4.78 is 6.30. The van der Waals surface area contributed by atoms with Crippen molar-refractivity contribution in [3.05, 3.63) is 97.1 Å². The van der Waals surface area contributed by atoms with E-state index in [0.717, 1.165) is 21.9 Å². The fourth-order valence-corrected chi connectivity index (χ4v) is 8.07. The van der Waals surface area contributed by atoms with Crippen molar-refractivity contribution >= 4 is 150 Å². The van der Waals surface area contributed by atoms with Gasteiger partial charge in [-0.15, -0.1) is 21.9 Å². The Balaban J connectivity index is 1.62. The number of benzene rings is 7. The second-order valence-electron chi connectivity index (χ2n) is 13.5. The van der Waals surface area contributed by atoms with Crippen LogP contribution >= 0.6 is 0 Å². The van der Waals surface area contributed by atoms with Crippen LogP contribution in [0.15, 0.2) is 101 Å². The van der Waals surface area contributed by atoms with Crippen LogP contribution in [0, 0.1) is 0 Å². The van der Waals surface area contributed by atoms with Gasteiger partial charge in [-0.25, -0.2) is 0 Å². The molecule has 0 atom stereocenters. The van der Waals surface area contributed by atoms with E-state index in [0.29, 0.717) is 0 Å². The second kappa shape index (κ2) is 11.0. The summed E-state index contributed by atoms with van der Waals surface area (Å²) in [4.78, 5) is 0. The molecule has 0 spiro atoms. The summed E-state index contributed by atoms with van der Waals surface area (Å²) in [5.41, 5.74) is 20.4. The molecule has 0 radical (unpaired) electrons. The molecule has 214 valence electrons. The summed E-state index contributed by atoms with van der Waals surface area (Å²) in [6.07, 6.45) is 0. The zero-order chi connectivity index (χ0) is 32.7. The summed E-state index contributed by atoms with van der Waals surface area (Å²) >= 11 is 0. The Morgan fingerprint density at radius 1 is 0.319 bits per heavy atom. The first kappa shape index (κ1) is 29.8. The predicted molar refractivity (Wildman–Crippen MR) is 230 cm³/mol. The highest BCUT2D eigenvalue weighted by Gasteiger charge is 2.25. The SMILES string of the molecule is Bc1c(B)c(B)c2c(-c3ccc4oc5ccccc5c4c3)c3c(B)c(B)c(B)c(B)c3c(-c3cccc(-c4ccccc4)c3)c2c1B. The van der Waals surface area contributed by atoms with Crippen molar-refractivity contribution in [1.29, 1.82) is 0 Å². The molecular weight excluding hydrogens is 559 g/mol. The molecule has 9 heteroatoms. The zero-order valence-corrected chi connectivity index (χ0v) is 28.6. The Labute approximate surface area is 283 Å². The number of rotatable bonds is 3. The number of para-hydroxylation sites is 1. The Kier molecular flexibility index (Phi) is 6.95. The molecule has 0 fully saturated rings. The number of furan rings is 1. The Morgan fingerprint density at radius 3 is 1.34 bits per heavy atom. The van der Waals surface area contributed by atoms with Crippen molar-refractivity contribution in [2.45, 2.75) is 0 Å². The highest BCUT2D eigenvalue weighted by Crippen LogP contribution is 2.42. The van der Waals surface area contributed by atoms with E-state index in [1.54, 1.807) is 0 Å². The van der Waals surface area contributed by atoms with Crippen LogP contribution in [0.5, 0.6) is 0 Å².